The van der Waals surface area contributed by atoms with Crippen molar-refractivity contribution in [3.05, 3.63) is 23.8 Å². The molecule has 1 fully saturated rings. The number of hydrogen-bond acceptors (Lipinski definition) is 6. The van der Waals surface area contributed by atoms with Crippen molar-refractivity contribution in [2.75, 3.05) is 46.2 Å². The summed E-state index contributed by atoms with van der Waals surface area (Å²) in [5, 5.41) is 10.2. The molecule has 2 heterocycles. The van der Waals surface area contributed by atoms with Crippen molar-refractivity contribution in [2.45, 2.75) is 64.8 Å². The Balaban J connectivity index is 1.82. The fourth-order valence-electron chi connectivity index (χ4n) is 4.86. The number of unbranched alkanes of at least 4 members (excludes halogenated alkanes) is 2. The molecule has 3 atom stereocenters. The molecular weight excluding hydrogens is 436 g/mol. The lowest BCUT2D eigenvalue weighted by Gasteiger charge is -2.29. The molecule has 1 aromatic rings. The number of amides is 1. The third kappa shape index (κ3) is 6.42. The molecule has 1 aromatic carbocycles. The van der Waals surface area contributed by atoms with Gasteiger partial charge in [-0.1, -0.05) is 39.7 Å². The van der Waals surface area contributed by atoms with E-state index in [4.69, 9.17) is 14.2 Å². The molecule has 8 heteroatoms. The van der Waals surface area contributed by atoms with Crippen LogP contribution in [0.2, 0.25) is 0 Å². The third-order valence-electron chi connectivity index (χ3n) is 6.75. The molecule has 34 heavy (non-hydrogen) atoms. The monoisotopic (exact) mass is 476 g/mol. The third-order valence-corrected chi connectivity index (χ3v) is 6.75. The van der Waals surface area contributed by atoms with Gasteiger partial charge in [-0.3, -0.25) is 14.5 Å². The molecule has 2 aliphatic heterocycles. The summed E-state index contributed by atoms with van der Waals surface area (Å²) < 4.78 is 16.8. The van der Waals surface area contributed by atoms with Gasteiger partial charge in [-0.05, 0) is 37.0 Å². The standard InChI is InChI=1S/C26H40N2O6/c1-4-7-11-27(12-8-5-2)24(29)16-28-15-20(19-9-10-22-23(14-19)34-18-33-22)25(26(30)31)21(28)17-32-13-6-3/h9-10,14,20-21,25H,4-8,11-13,15-18H2,1-3H3,(H,30,31). The number of benzene rings is 1. The lowest BCUT2D eigenvalue weighted by molar-refractivity contribution is -0.144. The van der Waals surface area contributed by atoms with Gasteiger partial charge >= 0.3 is 5.97 Å². The average Bonchev–Trinajstić information content (AvgIpc) is 3.43. The van der Waals surface area contributed by atoms with Gasteiger partial charge in [-0.2, -0.15) is 0 Å². The van der Waals surface area contributed by atoms with Crippen molar-refractivity contribution in [3.8, 4) is 11.5 Å². The Bertz CT molecular complexity index is 808. The number of likely N-dealkylation sites (tertiary alicyclic amines) is 1. The molecule has 3 rings (SSSR count). The first kappa shape index (κ1) is 26.3. The normalized spacial score (nSPS) is 21.7. The summed E-state index contributed by atoms with van der Waals surface area (Å²) in [5.41, 5.74) is 0.890. The molecule has 0 spiro atoms. The minimum absolute atomic E-state index is 0.0675. The van der Waals surface area contributed by atoms with Crippen LogP contribution < -0.4 is 9.47 Å². The van der Waals surface area contributed by atoms with Gasteiger partial charge in [0.05, 0.1) is 19.1 Å². The molecule has 2 aliphatic rings. The van der Waals surface area contributed by atoms with Crippen molar-refractivity contribution in [3.63, 3.8) is 0 Å². The highest BCUT2D eigenvalue weighted by atomic mass is 16.7. The predicted octanol–water partition coefficient (Wildman–Crippen LogP) is 3.74. The largest absolute Gasteiger partial charge is 0.481 e. The molecule has 1 saturated heterocycles. The highest BCUT2D eigenvalue weighted by Gasteiger charge is 2.47. The van der Waals surface area contributed by atoms with E-state index in [2.05, 4.69) is 13.8 Å². The number of fused-ring (bicyclic) bond motifs is 1. The van der Waals surface area contributed by atoms with E-state index >= 15 is 0 Å². The summed E-state index contributed by atoms with van der Waals surface area (Å²) in [4.78, 5) is 29.8. The first-order valence-corrected chi connectivity index (χ1v) is 12.7. The van der Waals surface area contributed by atoms with Crippen LogP contribution >= 0.6 is 0 Å². The molecule has 190 valence electrons. The van der Waals surface area contributed by atoms with Crippen LogP contribution in [0.1, 0.15) is 64.4 Å². The van der Waals surface area contributed by atoms with Gasteiger partial charge in [-0.25, -0.2) is 0 Å². The summed E-state index contributed by atoms with van der Waals surface area (Å²) in [6.07, 6.45) is 4.85. The number of carboxylic acid groups (broad SMARTS) is 1. The molecule has 0 aliphatic carbocycles. The van der Waals surface area contributed by atoms with E-state index in [0.29, 0.717) is 31.3 Å². The number of rotatable bonds is 14. The maximum atomic E-state index is 13.3. The number of ether oxygens (including phenoxy) is 3. The number of carbonyl (C=O) groups is 2. The number of carbonyl (C=O) groups excluding carboxylic acids is 1. The molecule has 1 amide bonds. The quantitative estimate of drug-likeness (QED) is 0.409. The zero-order valence-electron chi connectivity index (χ0n) is 20.8. The minimum Gasteiger partial charge on any atom is -0.481 e. The van der Waals surface area contributed by atoms with Gasteiger partial charge < -0.3 is 24.2 Å². The van der Waals surface area contributed by atoms with Crippen LogP contribution in [-0.4, -0.2) is 79.0 Å². The van der Waals surface area contributed by atoms with E-state index in [0.717, 1.165) is 50.8 Å². The van der Waals surface area contributed by atoms with E-state index in [-0.39, 0.29) is 31.2 Å². The first-order chi connectivity index (χ1) is 16.5. The summed E-state index contributed by atoms with van der Waals surface area (Å²) in [7, 11) is 0. The van der Waals surface area contributed by atoms with E-state index < -0.39 is 11.9 Å². The fraction of sp³-hybridized carbons (Fsp3) is 0.692. The molecular formula is C26H40N2O6. The zero-order valence-corrected chi connectivity index (χ0v) is 20.8. The number of carboxylic acids is 1. The number of nitrogens with zero attached hydrogens (tertiary/aromatic N) is 2. The Hall–Kier alpha value is -2.32. The molecule has 8 nitrogen and oxygen atoms in total. The summed E-state index contributed by atoms with van der Waals surface area (Å²) in [6, 6.07) is 5.26. The van der Waals surface area contributed by atoms with Crippen molar-refractivity contribution in [1.82, 2.24) is 9.80 Å². The fourth-order valence-corrected chi connectivity index (χ4v) is 4.86. The van der Waals surface area contributed by atoms with Crippen LogP contribution in [0.4, 0.5) is 0 Å². The SMILES string of the molecule is CCCCN(CCCC)C(=O)CN1CC(c2ccc3c(c2)OCO3)C(C(=O)O)C1COCCC. The van der Waals surface area contributed by atoms with E-state index in [9.17, 15) is 14.7 Å². The second-order valence-corrected chi connectivity index (χ2v) is 9.24. The Morgan fingerprint density at radius 3 is 2.44 bits per heavy atom. The lowest BCUT2D eigenvalue weighted by Crippen LogP contribution is -2.46. The van der Waals surface area contributed by atoms with Crippen molar-refractivity contribution in [2.24, 2.45) is 5.92 Å². The summed E-state index contributed by atoms with van der Waals surface area (Å²) in [6.45, 7) is 9.49. The van der Waals surface area contributed by atoms with E-state index in [1.165, 1.54) is 0 Å². The summed E-state index contributed by atoms with van der Waals surface area (Å²) >= 11 is 0. The number of hydrogen-bond donors (Lipinski definition) is 1. The van der Waals surface area contributed by atoms with Gasteiger partial charge in [0.15, 0.2) is 11.5 Å². The van der Waals surface area contributed by atoms with Gasteiger partial charge in [-0.15, -0.1) is 0 Å². The Kier molecular flexibility index (Phi) is 10.0. The van der Waals surface area contributed by atoms with Gasteiger partial charge in [0.1, 0.15) is 0 Å². The van der Waals surface area contributed by atoms with Crippen LogP contribution in [-0.2, 0) is 14.3 Å². The average molecular weight is 477 g/mol. The van der Waals surface area contributed by atoms with Crippen LogP contribution in [0.5, 0.6) is 11.5 Å². The Morgan fingerprint density at radius 1 is 1.09 bits per heavy atom. The van der Waals surface area contributed by atoms with Crippen molar-refractivity contribution in [1.29, 1.82) is 0 Å². The molecule has 0 bridgehead atoms. The van der Waals surface area contributed by atoms with Crippen molar-refractivity contribution >= 4 is 11.9 Å². The minimum atomic E-state index is -0.864. The molecule has 3 unspecified atom stereocenters. The maximum Gasteiger partial charge on any atom is 0.308 e. The topological polar surface area (TPSA) is 88.5 Å². The van der Waals surface area contributed by atoms with Crippen LogP contribution in [0.15, 0.2) is 18.2 Å². The molecule has 1 N–H and O–H groups in total. The second-order valence-electron chi connectivity index (χ2n) is 9.24. The predicted molar refractivity (Wildman–Crippen MR) is 129 cm³/mol. The smallest absolute Gasteiger partial charge is 0.308 e. The van der Waals surface area contributed by atoms with Gasteiger partial charge in [0.2, 0.25) is 12.7 Å². The van der Waals surface area contributed by atoms with Crippen LogP contribution in [0.3, 0.4) is 0 Å². The van der Waals surface area contributed by atoms with Crippen LogP contribution in [0, 0.1) is 5.92 Å². The Labute approximate surface area is 203 Å². The maximum absolute atomic E-state index is 13.3. The van der Waals surface area contributed by atoms with Crippen molar-refractivity contribution < 1.29 is 28.9 Å². The zero-order chi connectivity index (χ0) is 24.5. The van der Waals surface area contributed by atoms with Gasteiger partial charge in [0, 0.05) is 38.2 Å². The van der Waals surface area contributed by atoms with E-state index in [1.54, 1.807) is 0 Å². The highest BCUT2D eigenvalue weighted by molar-refractivity contribution is 5.79. The van der Waals surface area contributed by atoms with Crippen LogP contribution in [0.25, 0.3) is 0 Å². The Morgan fingerprint density at radius 2 is 1.79 bits per heavy atom. The molecule has 0 aromatic heterocycles. The van der Waals surface area contributed by atoms with E-state index in [1.807, 2.05) is 34.9 Å². The highest BCUT2D eigenvalue weighted by Crippen LogP contribution is 2.42. The second kappa shape index (κ2) is 13.0. The first-order valence-electron chi connectivity index (χ1n) is 12.7. The number of aliphatic carboxylic acids is 1. The summed E-state index contributed by atoms with van der Waals surface area (Å²) in [5.74, 6) is -0.430. The molecule has 0 saturated carbocycles. The molecule has 0 radical (unpaired) electrons. The van der Waals surface area contributed by atoms with Gasteiger partial charge in [0.25, 0.3) is 0 Å². The lowest BCUT2D eigenvalue weighted by atomic mass is 9.85.